The van der Waals surface area contributed by atoms with Crippen LogP contribution in [0.5, 0.6) is 0 Å². The van der Waals surface area contributed by atoms with Gasteiger partial charge in [-0.2, -0.15) is 0 Å². The lowest BCUT2D eigenvalue weighted by Gasteiger charge is -2.38. The van der Waals surface area contributed by atoms with Crippen LogP contribution in [0.1, 0.15) is 54.9 Å². The summed E-state index contributed by atoms with van der Waals surface area (Å²) in [6, 6.07) is -0.0160. The first-order valence-electron chi connectivity index (χ1n) is 9.18. The molecule has 4 rings (SSSR count). The molecule has 0 unspecified atom stereocenters. The van der Waals surface area contributed by atoms with Gasteiger partial charge in [-0.25, -0.2) is 4.98 Å². The molecular formula is C18H27ClN4O2S. The highest BCUT2D eigenvalue weighted by Gasteiger charge is 2.55. The molecule has 3 aliphatic rings. The Hall–Kier alpha value is -1.18. The van der Waals surface area contributed by atoms with Gasteiger partial charge in [-0.05, 0) is 32.9 Å². The number of thiazole rings is 1. The third kappa shape index (κ3) is 3.37. The Morgan fingerprint density at radius 3 is 2.69 bits per heavy atom. The number of hydrogen-bond donors (Lipinski definition) is 1. The highest BCUT2D eigenvalue weighted by Crippen LogP contribution is 2.43. The number of amides is 2. The Balaban J connectivity index is 1.70. The van der Waals surface area contributed by atoms with Crippen molar-refractivity contribution in [2.24, 2.45) is 5.92 Å². The Kier molecular flexibility index (Phi) is 5.61. The monoisotopic (exact) mass is 398 g/mol. The molecule has 4 atom stereocenters. The molecule has 1 aliphatic carbocycles. The lowest BCUT2D eigenvalue weighted by Crippen LogP contribution is -2.58. The zero-order valence-corrected chi connectivity index (χ0v) is 17.5. The van der Waals surface area contributed by atoms with Crippen molar-refractivity contribution >= 4 is 34.8 Å². The molecule has 1 aromatic heterocycles. The Morgan fingerprint density at radius 2 is 2.12 bits per heavy atom. The van der Waals surface area contributed by atoms with Crippen LogP contribution in [0, 0.1) is 5.92 Å². The van der Waals surface area contributed by atoms with E-state index in [1.807, 2.05) is 44.7 Å². The summed E-state index contributed by atoms with van der Waals surface area (Å²) in [5.74, 6) is 0.536. The molecule has 2 saturated heterocycles. The van der Waals surface area contributed by atoms with E-state index in [1.54, 1.807) is 0 Å². The maximum atomic E-state index is 13.0. The first-order chi connectivity index (χ1) is 12.2. The number of likely N-dealkylation sites (N-methyl/N-ethyl adjacent to an activating group) is 1. The van der Waals surface area contributed by atoms with Crippen molar-refractivity contribution in [2.45, 2.75) is 57.7 Å². The van der Waals surface area contributed by atoms with Crippen LogP contribution in [0.3, 0.4) is 0 Å². The van der Waals surface area contributed by atoms with Gasteiger partial charge in [0.2, 0.25) is 5.91 Å². The van der Waals surface area contributed by atoms with Crippen LogP contribution in [0.15, 0.2) is 0 Å². The van der Waals surface area contributed by atoms with Gasteiger partial charge in [0.1, 0.15) is 5.69 Å². The van der Waals surface area contributed by atoms with Crippen molar-refractivity contribution in [3.05, 3.63) is 15.0 Å². The SMILES string of the molecule is CC[C@@H](C(=O)N[C@@H]1[C@H]2C[C@@H]1N(C(=O)c1nc(Cl)sc1C(C)C)C2)N(C)C. The maximum Gasteiger partial charge on any atom is 0.274 e. The van der Waals surface area contributed by atoms with Crippen LogP contribution in [0.2, 0.25) is 4.47 Å². The number of nitrogens with zero attached hydrogens (tertiary/aromatic N) is 3. The number of rotatable bonds is 6. The fourth-order valence-corrected chi connectivity index (χ4v) is 5.22. The predicted octanol–water partition coefficient (Wildman–Crippen LogP) is 2.59. The van der Waals surface area contributed by atoms with Gasteiger partial charge in [-0.1, -0.05) is 32.4 Å². The van der Waals surface area contributed by atoms with Crippen molar-refractivity contribution in [2.75, 3.05) is 20.6 Å². The molecule has 26 heavy (non-hydrogen) atoms. The zero-order valence-electron chi connectivity index (χ0n) is 16.0. The molecular weight excluding hydrogens is 372 g/mol. The minimum Gasteiger partial charge on any atom is -0.350 e. The highest BCUT2D eigenvalue weighted by molar-refractivity contribution is 7.16. The summed E-state index contributed by atoms with van der Waals surface area (Å²) in [7, 11) is 3.83. The summed E-state index contributed by atoms with van der Waals surface area (Å²) in [5.41, 5.74) is 0.479. The maximum absolute atomic E-state index is 13.0. The Morgan fingerprint density at radius 1 is 1.42 bits per heavy atom. The predicted molar refractivity (Wildman–Crippen MR) is 104 cm³/mol. The molecule has 1 aromatic rings. The smallest absolute Gasteiger partial charge is 0.274 e. The fourth-order valence-electron chi connectivity index (χ4n) is 4.10. The second kappa shape index (κ2) is 7.44. The van der Waals surface area contributed by atoms with Gasteiger partial charge in [0.25, 0.3) is 5.91 Å². The molecule has 3 heterocycles. The van der Waals surface area contributed by atoms with Crippen LogP contribution >= 0.6 is 22.9 Å². The van der Waals surface area contributed by atoms with Crippen LogP contribution in [0.4, 0.5) is 0 Å². The third-order valence-corrected chi connectivity index (χ3v) is 7.00. The number of hydrogen-bond acceptors (Lipinski definition) is 5. The number of aromatic nitrogens is 1. The number of carbonyl (C=O) groups is 2. The van der Waals surface area contributed by atoms with E-state index in [2.05, 4.69) is 10.3 Å². The summed E-state index contributed by atoms with van der Waals surface area (Å²) in [5, 5.41) is 3.17. The van der Waals surface area contributed by atoms with E-state index in [1.165, 1.54) is 11.3 Å². The minimum absolute atomic E-state index is 0.0473. The highest BCUT2D eigenvalue weighted by atomic mass is 35.5. The van der Waals surface area contributed by atoms with Gasteiger partial charge in [0.05, 0.1) is 18.1 Å². The molecule has 3 fully saturated rings. The van der Waals surface area contributed by atoms with Crippen molar-refractivity contribution in [1.82, 2.24) is 20.1 Å². The number of nitrogens with one attached hydrogen (secondary N) is 1. The van der Waals surface area contributed by atoms with Crippen LogP contribution < -0.4 is 5.32 Å². The number of halogens is 1. The van der Waals surface area contributed by atoms with E-state index < -0.39 is 0 Å². The molecule has 2 aliphatic heterocycles. The van der Waals surface area contributed by atoms with E-state index in [-0.39, 0.29) is 35.9 Å². The summed E-state index contributed by atoms with van der Waals surface area (Å²) in [4.78, 5) is 34.6. The first-order valence-corrected chi connectivity index (χ1v) is 10.4. The lowest BCUT2D eigenvalue weighted by atomic mass is 9.79. The molecule has 1 saturated carbocycles. The molecule has 0 spiro atoms. The topological polar surface area (TPSA) is 65.5 Å². The second-order valence-electron chi connectivity index (χ2n) is 7.78. The van der Waals surface area contributed by atoms with Crippen LogP contribution in [-0.4, -0.2) is 65.4 Å². The third-order valence-electron chi connectivity index (χ3n) is 5.53. The Labute approximate surface area is 163 Å². The molecule has 6 nitrogen and oxygen atoms in total. The zero-order chi connectivity index (χ0) is 19.2. The summed E-state index contributed by atoms with van der Waals surface area (Å²) in [6.07, 6.45) is 1.71. The normalized spacial score (nSPS) is 25.5. The first kappa shape index (κ1) is 19.6. The average Bonchev–Trinajstić information content (AvgIpc) is 3.24. The van der Waals surface area contributed by atoms with Crippen molar-refractivity contribution < 1.29 is 9.59 Å². The van der Waals surface area contributed by atoms with E-state index in [4.69, 9.17) is 11.6 Å². The van der Waals surface area contributed by atoms with E-state index in [0.29, 0.717) is 22.6 Å². The van der Waals surface area contributed by atoms with Gasteiger partial charge < -0.3 is 10.2 Å². The van der Waals surface area contributed by atoms with E-state index in [0.717, 1.165) is 17.7 Å². The molecule has 8 heteroatoms. The Bertz CT molecular complexity index is 705. The van der Waals surface area contributed by atoms with Crippen LogP contribution in [-0.2, 0) is 4.79 Å². The van der Waals surface area contributed by atoms with Crippen molar-refractivity contribution in [1.29, 1.82) is 0 Å². The molecule has 2 amide bonds. The summed E-state index contributed by atoms with van der Waals surface area (Å²) >= 11 is 7.44. The van der Waals surface area contributed by atoms with E-state index >= 15 is 0 Å². The van der Waals surface area contributed by atoms with Crippen LogP contribution in [0.25, 0.3) is 0 Å². The number of carbonyl (C=O) groups excluding carboxylic acids is 2. The van der Waals surface area contributed by atoms with Gasteiger partial charge in [-0.15, -0.1) is 11.3 Å². The van der Waals surface area contributed by atoms with Gasteiger partial charge in [-0.3, -0.25) is 14.5 Å². The average molecular weight is 399 g/mol. The molecule has 0 aromatic carbocycles. The summed E-state index contributed by atoms with van der Waals surface area (Å²) < 4.78 is 0.408. The molecule has 2 bridgehead atoms. The number of fused-ring (bicyclic) bond motifs is 1. The van der Waals surface area contributed by atoms with Crippen molar-refractivity contribution in [3.63, 3.8) is 0 Å². The van der Waals surface area contributed by atoms with Crippen molar-refractivity contribution in [3.8, 4) is 0 Å². The second-order valence-corrected chi connectivity index (χ2v) is 9.39. The molecule has 144 valence electrons. The quantitative estimate of drug-likeness (QED) is 0.799. The fraction of sp³-hybridized carbons (Fsp3) is 0.722. The van der Waals surface area contributed by atoms with Gasteiger partial charge in [0.15, 0.2) is 4.47 Å². The largest absolute Gasteiger partial charge is 0.350 e. The standard InChI is InChI=1S/C18H27ClN4O2S/c1-6-11(22(4)5)16(24)20-13-10-7-12(13)23(8-10)17(25)14-15(9(2)3)26-18(19)21-14/h9-13H,6-8H2,1-5H3,(H,20,24)/t10-,11-,12-,13+/m0/s1. The molecule has 0 radical (unpaired) electrons. The van der Waals surface area contributed by atoms with Gasteiger partial charge >= 0.3 is 0 Å². The van der Waals surface area contributed by atoms with Gasteiger partial charge in [0, 0.05) is 17.3 Å². The summed E-state index contributed by atoms with van der Waals surface area (Å²) in [6.45, 7) is 6.77. The minimum atomic E-state index is -0.135. The lowest BCUT2D eigenvalue weighted by molar-refractivity contribution is -0.127. The molecule has 1 N–H and O–H groups in total. The van der Waals surface area contributed by atoms with E-state index in [9.17, 15) is 9.59 Å².